The van der Waals surface area contributed by atoms with E-state index in [4.69, 9.17) is 16.0 Å². The molecule has 0 aliphatic rings. The van der Waals surface area contributed by atoms with Gasteiger partial charge in [-0.1, -0.05) is 0 Å². The van der Waals surface area contributed by atoms with Crippen molar-refractivity contribution in [1.29, 1.82) is 0 Å². The van der Waals surface area contributed by atoms with Gasteiger partial charge >= 0.3 is 0 Å². The summed E-state index contributed by atoms with van der Waals surface area (Å²) in [5, 5.41) is 9.79. The highest BCUT2D eigenvalue weighted by Crippen LogP contribution is 2.29. The molecule has 0 bridgehead atoms. The first-order chi connectivity index (χ1) is 8.15. The average molecular weight is 314 g/mol. The van der Waals surface area contributed by atoms with Gasteiger partial charge in [0.1, 0.15) is 10.4 Å². The van der Waals surface area contributed by atoms with Crippen molar-refractivity contribution in [2.24, 2.45) is 0 Å². The predicted octanol–water partition coefficient (Wildman–Crippen LogP) is 3.72. The maximum Gasteiger partial charge on any atom is 0.194 e. The molecule has 6 heteroatoms. The summed E-state index contributed by atoms with van der Waals surface area (Å²) in [6.45, 7) is 0. The Balaban J connectivity index is 2.33. The Bertz CT molecular complexity index is 705. The summed E-state index contributed by atoms with van der Waals surface area (Å²) in [5.74, 6) is 1.28. The van der Waals surface area contributed by atoms with Gasteiger partial charge in [0.05, 0.1) is 11.7 Å². The van der Waals surface area contributed by atoms with Gasteiger partial charge in [-0.15, -0.1) is 0 Å². The van der Waals surface area contributed by atoms with Gasteiger partial charge in [-0.05, 0) is 51.8 Å². The zero-order valence-corrected chi connectivity index (χ0v) is 10.7. The SMILES string of the molecule is Oc1ccc2c(Br)nc(-c3ccc(Cl)o3)n2c1. The number of fused-ring (bicyclic) bond motifs is 1. The third-order valence-corrected chi connectivity index (χ3v) is 3.16. The monoisotopic (exact) mass is 312 g/mol. The number of imidazole rings is 1. The van der Waals surface area contributed by atoms with E-state index in [9.17, 15) is 5.11 Å². The van der Waals surface area contributed by atoms with Crippen LogP contribution in [0.1, 0.15) is 0 Å². The van der Waals surface area contributed by atoms with E-state index >= 15 is 0 Å². The van der Waals surface area contributed by atoms with Crippen molar-refractivity contribution in [2.45, 2.75) is 0 Å². The van der Waals surface area contributed by atoms with Gasteiger partial charge in [0.25, 0.3) is 0 Å². The second kappa shape index (κ2) is 3.78. The van der Waals surface area contributed by atoms with Crippen molar-refractivity contribution in [3.63, 3.8) is 0 Å². The van der Waals surface area contributed by atoms with Gasteiger partial charge in [0, 0.05) is 0 Å². The van der Waals surface area contributed by atoms with Crippen LogP contribution in [-0.4, -0.2) is 14.5 Å². The third-order valence-electron chi connectivity index (χ3n) is 2.37. The summed E-state index contributed by atoms with van der Waals surface area (Å²) in [7, 11) is 0. The van der Waals surface area contributed by atoms with Gasteiger partial charge < -0.3 is 9.52 Å². The van der Waals surface area contributed by atoms with Crippen LogP contribution in [0.5, 0.6) is 5.75 Å². The van der Waals surface area contributed by atoms with E-state index in [1.54, 1.807) is 34.9 Å². The lowest BCUT2D eigenvalue weighted by Gasteiger charge is -1.98. The molecule has 0 aromatic carbocycles. The molecule has 0 atom stereocenters. The molecule has 0 fully saturated rings. The molecule has 0 saturated heterocycles. The Morgan fingerprint density at radius 3 is 2.82 bits per heavy atom. The molecule has 86 valence electrons. The maximum atomic E-state index is 9.50. The summed E-state index contributed by atoms with van der Waals surface area (Å²) in [6.07, 6.45) is 1.57. The van der Waals surface area contributed by atoms with Crippen LogP contribution in [0.4, 0.5) is 0 Å². The van der Waals surface area contributed by atoms with Crippen molar-refractivity contribution < 1.29 is 9.52 Å². The smallest absolute Gasteiger partial charge is 0.194 e. The van der Waals surface area contributed by atoms with Crippen LogP contribution < -0.4 is 0 Å². The number of hydrogen-bond donors (Lipinski definition) is 1. The zero-order valence-electron chi connectivity index (χ0n) is 8.39. The molecule has 0 aliphatic carbocycles. The minimum absolute atomic E-state index is 0.154. The number of aromatic hydroxyl groups is 1. The van der Waals surface area contributed by atoms with E-state index in [1.807, 2.05) is 0 Å². The quantitative estimate of drug-likeness (QED) is 0.745. The van der Waals surface area contributed by atoms with E-state index in [0.717, 1.165) is 5.52 Å². The molecule has 3 aromatic rings. The molecule has 4 nitrogen and oxygen atoms in total. The number of halogens is 2. The van der Waals surface area contributed by atoms with Crippen LogP contribution in [0.2, 0.25) is 5.22 Å². The normalized spacial score (nSPS) is 11.2. The largest absolute Gasteiger partial charge is 0.506 e. The molecule has 1 N–H and O–H groups in total. The number of hydrogen-bond acceptors (Lipinski definition) is 3. The van der Waals surface area contributed by atoms with Crippen LogP contribution in [0.25, 0.3) is 17.1 Å². The third kappa shape index (κ3) is 1.71. The Hall–Kier alpha value is -1.46. The number of aromatic nitrogens is 2. The van der Waals surface area contributed by atoms with E-state index in [2.05, 4.69) is 20.9 Å². The van der Waals surface area contributed by atoms with Gasteiger partial charge in [-0.3, -0.25) is 4.40 Å². The van der Waals surface area contributed by atoms with E-state index in [-0.39, 0.29) is 5.75 Å². The van der Waals surface area contributed by atoms with E-state index < -0.39 is 0 Å². The van der Waals surface area contributed by atoms with Crippen LogP contribution in [0.15, 0.2) is 39.5 Å². The molecule has 17 heavy (non-hydrogen) atoms. The molecule has 0 unspecified atom stereocenters. The lowest BCUT2D eigenvalue weighted by Crippen LogP contribution is -1.87. The molecule has 3 aromatic heterocycles. The van der Waals surface area contributed by atoms with E-state index in [0.29, 0.717) is 21.4 Å². The van der Waals surface area contributed by atoms with Crippen molar-refractivity contribution in [1.82, 2.24) is 9.38 Å². The Labute approximate surface area is 110 Å². The van der Waals surface area contributed by atoms with Crippen molar-refractivity contribution in [3.05, 3.63) is 40.3 Å². The first-order valence-electron chi connectivity index (χ1n) is 4.77. The van der Waals surface area contributed by atoms with Gasteiger partial charge in [0.15, 0.2) is 16.8 Å². The lowest BCUT2D eigenvalue weighted by molar-refractivity contribution is 0.472. The summed E-state index contributed by atoms with van der Waals surface area (Å²) >= 11 is 9.09. The second-order valence-electron chi connectivity index (χ2n) is 3.47. The fourth-order valence-electron chi connectivity index (χ4n) is 1.65. The van der Waals surface area contributed by atoms with Gasteiger partial charge in [0.2, 0.25) is 0 Å². The minimum Gasteiger partial charge on any atom is -0.506 e. The summed E-state index contributed by atoms with van der Waals surface area (Å²) in [4.78, 5) is 4.33. The van der Waals surface area contributed by atoms with Crippen molar-refractivity contribution in [3.8, 4) is 17.3 Å². The molecule has 0 amide bonds. The second-order valence-corrected chi connectivity index (χ2v) is 4.60. The average Bonchev–Trinajstić information content (AvgIpc) is 2.83. The highest BCUT2D eigenvalue weighted by molar-refractivity contribution is 9.10. The van der Waals surface area contributed by atoms with Crippen LogP contribution in [-0.2, 0) is 0 Å². The van der Waals surface area contributed by atoms with Crippen LogP contribution in [0.3, 0.4) is 0 Å². The summed E-state index contributed by atoms with van der Waals surface area (Å²) in [5.41, 5.74) is 0.838. The Morgan fingerprint density at radius 2 is 2.12 bits per heavy atom. The molecule has 0 saturated carbocycles. The van der Waals surface area contributed by atoms with Crippen molar-refractivity contribution >= 4 is 33.0 Å². The first kappa shape index (κ1) is 10.7. The number of nitrogens with zero attached hydrogens (tertiary/aromatic N) is 2. The molecule has 3 heterocycles. The fourth-order valence-corrected chi connectivity index (χ4v) is 2.28. The molecule has 0 radical (unpaired) electrons. The Morgan fingerprint density at radius 1 is 1.29 bits per heavy atom. The molecule has 0 aliphatic heterocycles. The van der Waals surface area contributed by atoms with Crippen molar-refractivity contribution in [2.75, 3.05) is 0 Å². The van der Waals surface area contributed by atoms with Crippen LogP contribution >= 0.6 is 27.5 Å². The number of pyridine rings is 1. The van der Waals surface area contributed by atoms with Crippen LogP contribution in [0, 0.1) is 0 Å². The number of furan rings is 1. The topological polar surface area (TPSA) is 50.7 Å². The Kier molecular flexibility index (Phi) is 2.38. The maximum absolute atomic E-state index is 9.50. The fraction of sp³-hybridized carbons (Fsp3) is 0. The highest BCUT2D eigenvalue weighted by Gasteiger charge is 2.14. The molecule has 0 spiro atoms. The van der Waals surface area contributed by atoms with Gasteiger partial charge in [-0.2, -0.15) is 0 Å². The molecular weight excluding hydrogens is 307 g/mol. The van der Waals surface area contributed by atoms with E-state index in [1.165, 1.54) is 0 Å². The lowest BCUT2D eigenvalue weighted by atomic mass is 10.4. The number of rotatable bonds is 1. The standard InChI is InChI=1S/C11H6BrClN2O2/c12-10-7-2-1-6(16)5-15(7)11(14-10)8-3-4-9(13)17-8/h1-5,16H. The molecule has 3 rings (SSSR count). The summed E-state index contributed by atoms with van der Waals surface area (Å²) in [6, 6.07) is 6.74. The minimum atomic E-state index is 0.154. The highest BCUT2D eigenvalue weighted by atomic mass is 79.9. The first-order valence-corrected chi connectivity index (χ1v) is 5.94. The zero-order chi connectivity index (χ0) is 12.0. The summed E-state index contributed by atoms with van der Waals surface area (Å²) < 4.78 is 7.72. The predicted molar refractivity (Wildman–Crippen MR) is 67.3 cm³/mol. The molecular formula is C11H6BrClN2O2. The van der Waals surface area contributed by atoms with Gasteiger partial charge in [-0.25, -0.2) is 4.98 Å².